The summed E-state index contributed by atoms with van der Waals surface area (Å²) in [6, 6.07) is -1.51. The molecule has 0 spiro atoms. The van der Waals surface area contributed by atoms with E-state index < -0.39 is 24.1 Å². The van der Waals surface area contributed by atoms with Crippen LogP contribution in [0.5, 0.6) is 0 Å². The minimum Gasteiger partial charge on any atom is -0.480 e. The summed E-state index contributed by atoms with van der Waals surface area (Å²) in [4.78, 5) is 28.0. The lowest BCUT2D eigenvalue weighted by atomic mass is 10.2. The lowest BCUT2D eigenvalue weighted by Gasteiger charge is -2.21. The molecule has 20 heavy (non-hydrogen) atoms. The van der Waals surface area contributed by atoms with Gasteiger partial charge in [0.05, 0.1) is 6.10 Å². The Labute approximate surface area is 114 Å². The number of likely N-dealkylation sites (tertiary alicyclic amines) is 1. The second-order valence-electron chi connectivity index (χ2n) is 4.61. The molecule has 3 N–H and O–H groups in total. The largest absolute Gasteiger partial charge is 0.480 e. The monoisotopic (exact) mass is 284 g/mol. The number of β-amino-alcohol motifs (C(OH)–C–C–N with tert-alkyl or cyclic N) is 1. The molecule has 0 aromatic carbocycles. The van der Waals surface area contributed by atoms with Crippen LogP contribution in [-0.4, -0.2) is 62.5 Å². The van der Waals surface area contributed by atoms with Gasteiger partial charge in [0.1, 0.15) is 6.04 Å². The van der Waals surface area contributed by atoms with Gasteiger partial charge in [0.2, 0.25) is 5.89 Å². The zero-order valence-electron chi connectivity index (χ0n) is 10.9. The Hall–Kier alpha value is -2.16. The van der Waals surface area contributed by atoms with E-state index in [1.807, 2.05) is 0 Å². The number of carboxylic acid groups (broad SMARTS) is 1. The van der Waals surface area contributed by atoms with E-state index in [0.717, 1.165) is 4.90 Å². The summed E-state index contributed by atoms with van der Waals surface area (Å²) in [5.41, 5.74) is 0. The number of aryl methyl sites for hydroxylation is 1. The van der Waals surface area contributed by atoms with Crippen molar-refractivity contribution in [2.24, 2.45) is 0 Å². The van der Waals surface area contributed by atoms with Crippen LogP contribution in [0.2, 0.25) is 0 Å². The number of amides is 2. The fourth-order valence-corrected chi connectivity index (χ4v) is 2.10. The number of nitrogens with one attached hydrogen (secondary N) is 1. The van der Waals surface area contributed by atoms with E-state index in [2.05, 4.69) is 15.5 Å². The van der Waals surface area contributed by atoms with Crippen molar-refractivity contribution in [3.8, 4) is 0 Å². The third-order valence-electron chi connectivity index (χ3n) is 3.02. The second-order valence-corrected chi connectivity index (χ2v) is 4.61. The first-order valence-electron chi connectivity index (χ1n) is 6.22. The molecule has 1 aliphatic heterocycles. The number of aliphatic hydroxyl groups is 1. The standard InChI is InChI=1S/C11H16N4O5/c1-6-13-9(14-20-6)2-3-12-11(19)15-5-7(16)4-8(15)10(17)18/h7-8,16H,2-5H2,1H3,(H,12,19)(H,17,18)/t7-,8-/m0/s1. The smallest absolute Gasteiger partial charge is 0.326 e. The Morgan fingerprint density at radius 3 is 2.90 bits per heavy atom. The number of hydrogen-bond acceptors (Lipinski definition) is 6. The van der Waals surface area contributed by atoms with E-state index in [0.29, 0.717) is 18.1 Å². The predicted molar refractivity (Wildman–Crippen MR) is 64.9 cm³/mol. The molecule has 2 heterocycles. The van der Waals surface area contributed by atoms with Crippen LogP contribution < -0.4 is 5.32 Å². The maximum Gasteiger partial charge on any atom is 0.326 e. The van der Waals surface area contributed by atoms with E-state index in [1.165, 1.54) is 0 Å². The number of hydrogen-bond donors (Lipinski definition) is 3. The summed E-state index contributed by atoms with van der Waals surface area (Å²) in [6.07, 6.45) is -0.369. The molecule has 1 saturated heterocycles. The highest BCUT2D eigenvalue weighted by Crippen LogP contribution is 2.17. The van der Waals surface area contributed by atoms with E-state index in [-0.39, 0.29) is 19.5 Å². The molecular weight excluding hydrogens is 268 g/mol. The molecule has 1 aromatic rings. The first-order valence-corrected chi connectivity index (χ1v) is 6.22. The van der Waals surface area contributed by atoms with Crippen molar-refractivity contribution in [3.63, 3.8) is 0 Å². The van der Waals surface area contributed by atoms with E-state index in [4.69, 9.17) is 9.63 Å². The van der Waals surface area contributed by atoms with Gasteiger partial charge in [0.25, 0.3) is 0 Å². The molecule has 0 saturated carbocycles. The number of carbonyl (C=O) groups excluding carboxylic acids is 1. The lowest BCUT2D eigenvalue weighted by molar-refractivity contribution is -0.141. The molecule has 110 valence electrons. The van der Waals surface area contributed by atoms with Crippen molar-refractivity contribution < 1.29 is 24.3 Å². The van der Waals surface area contributed by atoms with Gasteiger partial charge in [-0.05, 0) is 0 Å². The van der Waals surface area contributed by atoms with Crippen molar-refractivity contribution in [1.82, 2.24) is 20.4 Å². The number of aliphatic hydroxyl groups excluding tert-OH is 1. The molecule has 1 fully saturated rings. The Morgan fingerprint density at radius 2 is 2.30 bits per heavy atom. The van der Waals surface area contributed by atoms with Crippen LogP contribution in [0.4, 0.5) is 4.79 Å². The van der Waals surface area contributed by atoms with E-state index in [9.17, 15) is 14.7 Å². The maximum absolute atomic E-state index is 11.9. The Morgan fingerprint density at radius 1 is 1.55 bits per heavy atom. The number of nitrogens with zero attached hydrogens (tertiary/aromatic N) is 3. The van der Waals surface area contributed by atoms with Gasteiger partial charge in [-0.15, -0.1) is 0 Å². The molecule has 2 atom stereocenters. The van der Waals surface area contributed by atoms with Gasteiger partial charge >= 0.3 is 12.0 Å². The van der Waals surface area contributed by atoms with Gasteiger partial charge in [0.15, 0.2) is 5.82 Å². The summed E-state index contributed by atoms with van der Waals surface area (Å²) in [6.45, 7) is 1.94. The fraction of sp³-hybridized carbons (Fsp3) is 0.636. The molecule has 2 amide bonds. The van der Waals surface area contributed by atoms with Crippen molar-refractivity contribution >= 4 is 12.0 Å². The van der Waals surface area contributed by atoms with Crippen LogP contribution in [0.1, 0.15) is 18.1 Å². The third-order valence-corrected chi connectivity index (χ3v) is 3.02. The van der Waals surface area contributed by atoms with Gasteiger partial charge in [-0.3, -0.25) is 0 Å². The molecule has 0 aliphatic carbocycles. The Kier molecular flexibility index (Phi) is 4.18. The topological polar surface area (TPSA) is 129 Å². The highest BCUT2D eigenvalue weighted by Gasteiger charge is 2.38. The molecule has 1 aliphatic rings. The Bertz CT molecular complexity index is 503. The van der Waals surface area contributed by atoms with E-state index in [1.54, 1.807) is 6.92 Å². The first-order chi connectivity index (χ1) is 9.47. The molecule has 0 bridgehead atoms. The van der Waals surface area contributed by atoms with Gasteiger partial charge < -0.3 is 25.0 Å². The van der Waals surface area contributed by atoms with Crippen molar-refractivity contribution in [3.05, 3.63) is 11.7 Å². The second kappa shape index (κ2) is 5.87. The zero-order chi connectivity index (χ0) is 14.7. The molecule has 0 unspecified atom stereocenters. The van der Waals surface area contributed by atoms with E-state index >= 15 is 0 Å². The number of rotatable bonds is 4. The van der Waals surface area contributed by atoms with Gasteiger partial charge in [0, 0.05) is 32.9 Å². The van der Waals surface area contributed by atoms with Crippen LogP contribution in [0.15, 0.2) is 4.52 Å². The summed E-state index contributed by atoms with van der Waals surface area (Å²) in [5.74, 6) is -0.204. The molecule has 9 heteroatoms. The van der Waals surface area contributed by atoms with Crippen LogP contribution in [0.25, 0.3) is 0 Å². The van der Waals surface area contributed by atoms with Gasteiger partial charge in [-0.1, -0.05) is 5.16 Å². The van der Waals surface area contributed by atoms with Crippen molar-refractivity contribution in [2.45, 2.75) is 31.9 Å². The van der Waals surface area contributed by atoms with Crippen LogP contribution in [0, 0.1) is 6.92 Å². The first kappa shape index (κ1) is 14.3. The van der Waals surface area contributed by atoms with Crippen LogP contribution in [0.3, 0.4) is 0 Å². The molecule has 1 aromatic heterocycles. The Balaban J connectivity index is 1.83. The summed E-state index contributed by atoms with van der Waals surface area (Å²) in [5, 5.41) is 24.7. The number of urea groups is 1. The summed E-state index contributed by atoms with van der Waals surface area (Å²) < 4.78 is 4.79. The van der Waals surface area contributed by atoms with Gasteiger partial charge in [-0.2, -0.15) is 4.98 Å². The minimum atomic E-state index is -1.12. The predicted octanol–water partition coefficient (Wildman–Crippen LogP) is -0.850. The fourth-order valence-electron chi connectivity index (χ4n) is 2.10. The summed E-state index contributed by atoms with van der Waals surface area (Å²) in [7, 11) is 0. The quantitative estimate of drug-likeness (QED) is 0.656. The normalized spacial score (nSPS) is 22.0. The molecule has 2 rings (SSSR count). The van der Waals surface area contributed by atoms with Crippen molar-refractivity contribution in [2.75, 3.05) is 13.1 Å². The van der Waals surface area contributed by atoms with Crippen molar-refractivity contribution in [1.29, 1.82) is 0 Å². The maximum atomic E-state index is 11.9. The van der Waals surface area contributed by atoms with Gasteiger partial charge in [-0.25, -0.2) is 9.59 Å². The number of carboxylic acids is 1. The zero-order valence-corrected chi connectivity index (χ0v) is 10.9. The molecule has 9 nitrogen and oxygen atoms in total. The van der Waals surface area contributed by atoms with Crippen LogP contribution >= 0.6 is 0 Å². The molecular formula is C11H16N4O5. The number of aromatic nitrogens is 2. The minimum absolute atomic E-state index is 0.0180. The SMILES string of the molecule is Cc1nc(CCNC(=O)N2C[C@@H](O)C[C@H]2C(=O)O)no1. The lowest BCUT2D eigenvalue weighted by Crippen LogP contribution is -2.46. The third kappa shape index (κ3) is 3.23. The number of aliphatic carboxylic acids is 1. The molecule has 0 radical (unpaired) electrons. The number of carbonyl (C=O) groups is 2. The average Bonchev–Trinajstić information content (AvgIpc) is 2.95. The highest BCUT2D eigenvalue weighted by atomic mass is 16.5. The van der Waals surface area contributed by atoms with Crippen LogP contribution in [-0.2, 0) is 11.2 Å². The summed E-state index contributed by atoms with van der Waals surface area (Å²) >= 11 is 0. The highest BCUT2D eigenvalue weighted by molar-refractivity contribution is 5.83. The average molecular weight is 284 g/mol.